The minimum atomic E-state index is -0.234. The van der Waals surface area contributed by atoms with Gasteiger partial charge in [0.25, 0.3) is 5.91 Å². The molecule has 3 heterocycles. The van der Waals surface area contributed by atoms with Gasteiger partial charge in [-0.2, -0.15) is 0 Å². The number of nitrogens with zero attached hydrogens (tertiary/aromatic N) is 5. The molecule has 2 N–H and O–H groups in total. The van der Waals surface area contributed by atoms with Crippen molar-refractivity contribution < 1.29 is 9.53 Å². The number of carbonyl (C=O) groups is 1. The van der Waals surface area contributed by atoms with Crippen LogP contribution in [0.2, 0.25) is 0 Å². The first-order valence-corrected chi connectivity index (χ1v) is 7.72. The summed E-state index contributed by atoms with van der Waals surface area (Å²) < 4.78 is 8.51. The highest BCUT2D eigenvalue weighted by molar-refractivity contribution is 5.96. The summed E-state index contributed by atoms with van der Waals surface area (Å²) in [6.07, 6.45) is 6.94. The van der Waals surface area contributed by atoms with Crippen molar-refractivity contribution in [2.45, 2.75) is 0 Å². The summed E-state index contributed by atoms with van der Waals surface area (Å²) in [4.78, 5) is 20.5. The minimum Gasteiger partial charge on any atom is -0.479 e. The summed E-state index contributed by atoms with van der Waals surface area (Å²) in [5, 5.41) is 10.0. The molecule has 3 rings (SSSR count). The van der Waals surface area contributed by atoms with E-state index in [0.29, 0.717) is 30.4 Å². The lowest BCUT2D eigenvalue weighted by Gasteiger charge is -2.08. The third-order valence-electron chi connectivity index (χ3n) is 3.47. The molecule has 130 valence electrons. The molecular formula is C16H19N7O2. The third kappa shape index (κ3) is 3.94. The highest BCUT2D eigenvalue weighted by atomic mass is 16.5. The van der Waals surface area contributed by atoms with E-state index >= 15 is 0 Å². The normalized spacial score (nSPS) is 10.5. The summed E-state index contributed by atoms with van der Waals surface area (Å²) in [7, 11) is 3.22. The average molecular weight is 341 g/mol. The number of anilines is 1. The first kappa shape index (κ1) is 16.5. The van der Waals surface area contributed by atoms with Gasteiger partial charge in [0.1, 0.15) is 23.5 Å². The van der Waals surface area contributed by atoms with E-state index in [1.807, 2.05) is 35.2 Å². The number of amides is 1. The molecule has 1 amide bonds. The van der Waals surface area contributed by atoms with Crippen molar-refractivity contribution in [1.29, 1.82) is 0 Å². The number of methoxy groups -OCH3 is 1. The van der Waals surface area contributed by atoms with Gasteiger partial charge in [0.2, 0.25) is 5.88 Å². The zero-order valence-electron chi connectivity index (χ0n) is 14.0. The molecule has 0 spiro atoms. The lowest BCUT2D eigenvalue weighted by Crippen LogP contribution is -2.29. The summed E-state index contributed by atoms with van der Waals surface area (Å²) in [6, 6.07) is 5.70. The number of nitrogens with one attached hydrogen (secondary N) is 2. The van der Waals surface area contributed by atoms with Crippen molar-refractivity contribution >= 4 is 11.7 Å². The van der Waals surface area contributed by atoms with Gasteiger partial charge in [-0.3, -0.25) is 9.48 Å². The molecule has 0 saturated carbocycles. The van der Waals surface area contributed by atoms with E-state index in [9.17, 15) is 4.79 Å². The highest BCUT2D eigenvalue weighted by Gasteiger charge is 2.15. The average Bonchev–Trinajstić information content (AvgIpc) is 3.28. The number of hydrogen-bond donors (Lipinski definition) is 2. The fourth-order valence-electron chi connectivity index (χ4n) is 2.31. The van der Waals surface area contributed by atoms with Gasteiger partial charge in [-0.1, -0.05) is 0 Å². The second kappa shape index (κ2) is 7.47. The molecular weight excluding hydrogens is 322 g/mol. The fraction of sp³-hybridized carbons (Fsp3) is 0.250. The molecule has 9 heteroatoms. The molecule has 3 aromatic rings. The van der Waals surface area contributed by atoms with Gasteiger partial charge < -0.3 is 19.9 Å². The SMILES string of the molecule is COc1nn(C)cc1C(=O)NCCNc1cc(-n2cccc2)ncn1. The molecule has 0 aromatic carbocycles. The molecule has 0 aliphatic carbocycles. The van der Waals surface area contributed by atoms with Gasteiger partial charge in [-0.05, 0) is 12.1 Å². The molecule has 9 nitrogen and oxygen atoms in total. The van der Waals surface area contributed by atoms with E-state index in [0.717, 1.165) is 5.82 Å². The van der Waals surface area contributed by atoms with Crippen LogP contribution in [0.25, 0.3) is 5.82 Å². The monoisotopic (exact) mass is 341 g/mol. The number of rotatable bonds is 7. The Balaban J connectivity index is 1.52. The topological polar surface area (TPSA) is 98.9 Å². The van der Waals surface area contributed by atoms with Crippen molar-refractivity contribution in [3.63, 3.8) is 0 Å². The Morgan fingerprint density at radius 2 is 2.04 bits per heavy atom. The third-order valence-corrected chi connectivity index (χ3v) is 3.47. The zero-order chi connectivity index (χ0) is 17.6. The maximum atomic E-state index is 12.2. The van der Waals surface area contributed by atoms with Crippen molar-refractivity contribution in [2.75, 3.05) is 25.5 Å². The Bertz CT molecular complexity index is 842. The zero-order valence-corrected chi connectivity index (χ0v) is 14.0. The van der Waals surface area contributed by atoms with Crippen molar-refractivity contribution in [1.82, 2.24) is 29.6 Å². The lowest BCUT2D eigenvalue weighted by atomic mass is 10.3. The predicted molar refractivity (Wildman–Crippen MR) is 91.9 cm³/mol. The van der Waals surface area contributed by atoms with Gasteiger partial charge in [0.05, 0.1) is 7.11 Å². The van der Waals surface area contributed by atoms with Gasteiger partial charge in [0.15, 0.2) is 0 Å². The van der Waals surface area contributed by atoms with Crippen molar-refractivity contribution in [2.24, 2.45) is 7.05 Å². The van der Waals surface area contributed by atoms with Crippen LogP contribution < -0.4 is 15.4 Å². The first-order chi connectivity index (χ1) is 12.2. The van der Waals surface area contributed by atoms with Crippen LogP contribution in [-0.4, -0.2) is 50.4 Å². The number of hydrogen-bond acceptors (Lipinski definition) is 6. The second-order valence-electron chi connectivity index (χ2n) is 5.26. The Hall–Kier alpha value is -3.36. The molecule has 3 aromatic heterocycles. The van der Waals surface area contributed by atoms with E-state index in [4.69, 9.17) is 4.74 Å². The fourth-order valence-corrected chi connectivity index (χ4v) is 2.31. The smallest absolute Gasteiger partial charge is 0.258 e. The number of aryl methyl sites for hydroxylation is 1. The van der Waals surface area contributed by atoms with Crippen LogP contribution in [0.4, 0.5) is 5.82 Å². The summed E-state index contributed by atoms with van der Waals surface area (Å²) in [5.74, 6) is 1.53. The molecule has 0 bridgehead atoms. The number of carbonyl (C=O) groups excluding carboxylic acids is 1. The summed E-state index contributed by atoms with van der Waals surface area (Å²) >= 11 is 0. The standard InChI is InChI=1S/C16H19N7O2/c1-22-10-12(16(21-22)25-2)15(24)18-6-5-17-13-9-14(20-11-19-13)23-7-3-4-8-23/h3-4,7-11H,5-6H2,1-2H3,(H,18,24)(H,17,19,20). The Labute approximate surface area is 144 Å². The van der Waals surface area contributed by atoms with E-state index in [2.05, 4.69) is 25.7 Å². The molecule has 0 saturated heterocycles. The molecule has 0 aliphatic rings. The number of ether oxygens (including phenoxy) is 1. The van der Waals surface area contributed by atoms with Crippen LogP contribution in [-0.2, 0) is 7.05 Å². The van der Waals surface area contributed by atoms with Crippen LogP contribution in [0, 0.1) is 0 Å². The summed E-state index contributed by atoms with van der Waals surface area (Å²) in [5.41, 5.74) is 0.405. The highest BCUT2D eigenvalue weighted by Crippen LogP contribution is 2.14. The van der Waals surface area contributed by atoms with E-state index in [1.165, 1.54) is 18.1 Å². The van der Waals surface area contributed by atoms with E-state index in [-0.39, 0.29) is 5.91 Å². The Kier molecular flexibility index (Phi) is 4.93. The number of aromatic nitrogens is 5. The second-order valence-corrected chi connectivity index (χ2v) is 5.26. The first-order valence-electron chi connectivity index (χ1n) is 7.72. The quantitative estimate of drug-likeness (QED) is 0.618. The van der Waals surface area contributed by atoms with E-state index in [1.54, 1.807) is 13.2 Å². The molecule has 25 heavy (non-hydrogen) atoms. The Morgan fingerprint density at radius 1 is 1.24 bits per heavy atom. The van der Waals surface area contributed by atoms with Gasteiger partial charge in [-0.15, -0.1) is 5.10 Å². The maximum absolute atomic E-state index is 12.2. The van der Waals surface area contributed by atoms with Crippen LogP contribution in [0.3, 0.4) is 0 Å². The van der Waals surface area contributed by atoms with Gasteiger partial charge >= 0.3 is 0 Å². The molecule has 0 radical (unpaired) electrons. The van der Waals surface area contributed by atoms with Gasteiger partial charge in [0, 0.05) is 44.8 Å². The maximum Gasteiger partial charge on any atom is 0.258 e. The minimum absolute atomic E-state index is 0.234. The van der Waals surface area contributed by atoms with Crippen LogP contribution in [0.15, 0.2) is 43.1 Å². The molecule has 0 atom stereocenters. The predicted octanol–water partition coefficient (Wildman–Crippen LogP) is 0.851. The lowest BCUT2D eigenvalue weighted by molar-refractivity contribution is 0.0952. The Morgan fingerprint density at radius 3 is 2.80 bits per heavy atom. The molecule has 0 aliphatic heterocycles. The van der Waals surface area contributed by atoms with Gasteiger partial charge in [-0.25, -0.2) is 9.97 Å². The largest absolute Gasteiger partial charge is 0.479 e. The van der Waals surface area contributed by atoms with Crippen molar-refractivity contribution in [3.05, 3.63) is 48.7 Å². The summed E-state index contributed by atoms with van der Waals surface area (Å²) in [6.45, 7) is 0.955. The molecule has 0 unspecified atom stereocenters. The van der Waals surface area contributed by atoms with Crippen LogP contribution in [0.1, 0.15) is 10.4 Å². The molecule has 0 fully saturated rings. The van der Waals surface area contributed by atoms with Crippen LogP contribution >= 0.6 is 0 Å². The van der Waals surface area contributed by atoms with Crippen molar-refractivity contribution in [3.8, 4) is 11.7 Å². The van der Waals surface area contributed by atoms with E-state index < -0.39 is 0 Å². The van der Waals surface area contributed by atoms with Crippen LogP contribution in [0.5, 0.6) is 5.88 Å².